The lowest BCUT2D eigenvalue weighted by atomic mass is 10.0. The van der Waals surface area contributed by atoms with Crippen molar-refractivity contribution in [2.24, 2.45) is 10.9 Å². The average Bonchev–Trinajstić information content (AvgIpc) is 2.52. The predicted molar refractivity (Wildman–Crippen MR) is 119 cm³/mol. The van der Waals surface area contributed by atoms with Crippen LogP contribution in [-0.4, -0.2) is 37.3 Å². The number of benzene rings is 1. The van der Waals surface area contributed by atoms with Crippen LogP contribution in [-0.2, 0) is 6.42 Å². The monoisotopic (exact) mass is 461 g/mol. The third-order valence-electron chi connectivity index (χ3n) is 4.07. The molecule has 4 nitrogen and oxygen atoms in total. The van der Waals surface area contributed by atoms with Crippen molar-refractivity contribution in [2.45, 2.75) is 53.4 Å². The third kappa shape index (κ3) is 10.7. The zero-order valence-corrected chi connectivity index (χ0v) is 18.6. The van der Waals surface area contributed by atoms with E-state index in [1.165, 1.54) is 16.7 Å². The number of aliphatic hydroxyl groups excluding tert-OH is 1. The van der Waals surface area contributed by atoms with Gasteiger partial charge in [0.15, 0.2) is 5.96 Å². The summed E-state index contributed by atoms with van der Waals surface area (Å²) in [5, 5.41) is 15.9. The molecule has 25 heavy (non-hydrogen) atoms. The minimum absolute atomic E-state index is 0. The number of nitrogens with one attached hydrogen (secondary N) is 2. The molecule has 144 valence electrons. The second-order valence-electron chi connectivity index (χ2n) is 6.56. The van der Waals surface area contributed by atoms with Crippen molar-refractivity contribution in [1.29, 1.82) is 0 Å². The number of rotatable bonds is 10. The van der Waals surface area contributed by atoms with Crippen LogP contribution in [0, 0.1) is 19.8 Å². The number of aliphatic imine (C=N–C) groups is 1. The lowest BCUT2D eigenvalue weighted by Crippen LogP contribution is -2.38. The SMILES string of the molecule is CCCC(CCO)CN=C(NCC)NCCc1cc(C)cc(C)c1.I. The molecule has 0 heterocycles. The molecule has 0 amide bonds. The molecule has 0 radical (unpaired) electrons. The number of hydrogen-bond donors (Lipinski definition) is 3. The van der Waals surface area contributed by atoms with E-state index in [0.717, 1.165) is 51.3 Å². The van der Waals surface area contributed by atoms with Crippen LogP contribution in [0.4, 0.5) is 0 Å². The van der Waals surface area contributed by atoms with Gasteiger partial charge in [-0.05, 0) is 51.5 Å². The van der Waals surface area contributed by atoms with E-state index < -0.39 is 0 Å². The summed E-state index contributed by atoms with van der Waals surface area (Å²) >= 11 is 0. The van der Waals surface area contributed by atoms with Crippen LogP contribution >= 0.6 is 24.0 Å². The van der Waals surface area contributed by atoms with Crippen molar-refractivity contribution in [2.75, 3.05) is 26.2 Å². The first-order valence-corrected chi connectivity index (χ1v) is 9.29. The largest absolute Gasteiger partial charge is 0.396 e. The highest BCUT2D eigenvalue weighted by Crippen LogP contribution is 2.11. The third-order valence-corrected chi connectivity index (χ3v) is 4.07. The van der Waals surface area contributed by atoms with Crippen LogP contribution in [0.3, 0.4) is 0 Å². The Labute approximate surface area is 170 Å². The van der Waals surface area contributed by atoms with Crippen LogP contribution in [0.1, 0.15) is 49.8 Å². The van der Waals surface area contributed by atoms with Gasteiger partial charge in [0.1, 0.15) is 0 Å². The van der Waals surface area contributed by atoms with Gasteiger partial charge in [0.2, 0.25) is 0 Å². The quantitative estimate of drug-likeness (QED) is 0.282. The van der Waals surface area contributed by atoms with Gasteiger partial charge in [0, 0.05) is 26.2 Å². The fourth-order valence-corrected chi connectivity index (χ4v) is 3.02. The molecule has 3 N–H and O–H groups in total. The first kappa shape index (κ1) is 24.2. The number of aryl methyl sites for hydroxylation is 2. The molecule has 0 spiro atoms. The molecule has 1 unspecified atom stereocenters. The molecule has 0 aliphatic heterocycles. The zero-order valence-electron chi connectivity index (χ0n) is 16.3. The number of hydrogen-bond acceptors (Lipinski definition) is 2. The van der Waals surface area contributed by atoms with Gasteiger partial charge in [-0.2, -0.15) is 0 Å². The maximum absolute atomic E-state index is 9.16. The van der Waals surface area contributed by atoms with E-state index in [4.69, 9.17) is 10.1 Å². The Morgan fingerprint density at radius 2 is 1.76 bits per heavy atom. The van der Waals surface area contributed by atoms with Gasteiger partial charge in [-0.1, -0.05) is 42.7 Å². The molecular weight excluding hydrogens is 425 g/mol. The van der Waals surface area contributed by atoms with E-state index in [1.54, 1.807) is 0 Å². The summed E-state index contributed by atoms with van der Waals surface area (Å²) in [6, 6.07) is 6.70. The summed E-state index contributed by atoms with van der Waals surface area (Å²) in [5.41, 5.74) is 3.99. The van der Waals surface area contributed by atoms with Crippen molar-refractivity contribution in [3.8, 4) is 0 Å². The number of nitrogens with zero attached hydrogens (tertiary/aromatic N) is 1. The molecule has 0 aliphatic rings. The van der Waals surface area contributed by atoms with Gasteiger partial charge in [-0.25, -0.2) is 0 Å². The fourth-order valence-electron chi connectivity index (χ4n) is 3.02. The van der Waals surface area contributed by atoms with E-state index in [-0.39, 0.29) is 30.6 Å². The minimum atomic E-state index is 0. The van der Waals surface area contributed by atoms with E-state index in [9.17, 15) is 0 Å². The molecule has 1 aromatic carbocycles. The van der Waals surface area contributed by atoms with Crippen molar-refractivity contribution in [3.63, 3.8) is 0 Å². The fraction of sp³-hybridized carbons (Fsp3) is 0.650. The maximum Gasteiger partial charge on any atom is 0.191 e. The number of guanidine groups is 1. The molecule has 0 aliphatic carbocycles. The second-order valence-corrected chi connectivity index (χ2v) is 6.56. The van der Waals surface area contributed by atoms with Crippen molar-refractivity contribution in [3.05, 3.63) is 34.9 Å². The summed E-state index contributed by atoms with van der Waals surface area (Å²) in [7, 11) is 0. The zero-order chi connectivity index (χ0) is 17.8. The summed E-state index contributed by atoms with van der Waals surface area (Å²) < 4.78 is 0. The molecule has 1 atom stereocenters. The van der Waals surface area contributed by atoms with Gasteiger partial charge in [-0.15, -0.1) is 24.0 Å². The molecule has 5 heteroatoms. The van der Waals surface area contributed by atoms with Gasteiger partial charge in [-0.3, -0.25) is 4.99 Å². The highest BCUT2D eigenvalue weighted by molar-refractivity contribution is 14.0. The highest BCUT2D eigenvalue weighted by atomic mass is 127. The Kier molecular flexibility index (Phi) is 13.9. The maximum atomic E-state index is 9.16. The van der Waals surface area contributed by atoms with E-state index >= 15 is 0 Å². The molecule has 1 aromatic rings. The van der Waals surface area contributed by atoms with Gasteiger partial charge in [0.25, 0.3) is 0 Å². The Bertz CT molecular complexity index is 479. The lowest BCUT2D eigenvalue weighted by molar-refractivity contribution is 0.253. The summed E-state index contributed by atoms with van der Waals surface area (Å²) in [6.07, 6.45) is 4.07. The lowest BCUT2D eigenvalue weighted by Gasteiger charge is -2.15. The smallest absolute Gasteiger partial charge is 0.191 e. The Morgan fingerprint density at radius 3 is 2.32 bits per heavy atom. The summed E-state index contributed by atoms with van der Waals surface area (Å²) in [6.45, 7) is 11.3. The van der Waals surface area contributed by atoms with Gasteiger partial charge in [0.05, 0.1) is 0 Å². The predicted octanol–water partition coefficient (Wildman–Crippen LogP) is 3.82. The van der Waals surface area contributed by atoms with E-state index in [1.807, 2.05) is 0 Å². The van der Waals surface area contributed by atoms with Gasteiger partial charge < -0.3 is 15.7 Å². The van der Waals surface area contributed by atoms with Crippen molar-refractivity contribution in [1.82, 2.24) is 10.6 Å². The molecular formula is C20H36IN3O. The molecule has 0 saturated heterocycles. The van der Waals surface area contributed by atoms with E-state index in [2.05, 4.69) is 56.5 Å². The van der Waals surface area contributed by atoms with E-state index in [0.29, 0.717) is 5.92 Å². The van der Waals surface area contributed by atoms with Crippen LogP contribution in [0.25, 0.3) is 0 Å². The molecule has 0 bridgehead atoms. The van der Waals surface area contributed by atoms with Crippen molar-refractivity contribution < 1.29 is 5.11 Å². The van der Waals surface area contributed by atoms with Crippen LogP contribution < -0.4 is 10.6 Å². The molecule has 1 rings (SSSR count). The number of halogens is 1. The highest BCUT2D eigenvalue weighted by Gasteiger charge is 2.07. The Hall–Kier alpha value is -0.820. The van der Waals surface area contributed by atoms with Crippen molar-refractivity contribution >= 4 is 29.9 Å². The second kappa shape index (κ2) is 14.4. The van der Waals surface area contributed by atoms with Crippen LogP contribution in [0.15, 0.2) is 23.2 Å². The topological polar surface area (TPSA) is 56.7 Å². The van der Waals surface area contributed by atoms with Crippen LogP contribution in [0.5, 0.6) is 0 Å². The Morgan fingerprint density at radius 1 is 1.08 bits per heavy atom. The van der Waals surface area contributed by atoms with Crippen LogP contribution in [0.2, 0.25) is 0 Å². The normalized spacial score (nSPS) is 12.4. The molecule has 0 aromatic heterocycles. The molecule has 0 saturated carbocycles. The average molecular weight is 461 g/mol. The Balaban J connectivity index is 0.00000576. The first-order chi connectivity index (χ1) is 11.6. The first-order valence-electron chi connectivity index (χ1n) is 9.29. The molecule has 0 fully saturated rings. The standard InChI is InChI=1S/C20H35N3O.HI/c1-5-7-18(9-11-24)15-23-20(21-6-2)22-10-8-19-13-16(3)12-17(4)14-19;/h12-14,18,24H,5-11,15H2,1-4H3,(H2,21,22,23);1H. The number of aliphatic hydroxyl groups is 1. The van der Waals surface area contributed by atoms with Gasteiger partial charge >= 0.3 is 0 Å². The summed E-state index contributed by atoms with van der Waals surface area (Å²) in [5.74, 6) is 1.34. The summed E-state index contributed by atoms with van der Waals surface area (Å²) in [4.78, 5) is 4.70. The minimum Gasteiger partial charge on any atom is -0.396 e.